The molecule has 1 saturated heterocycles. The van der Waals surface area contributed by atoms with E-state index in [0.29, 0.717) is 0 Å². The first-order valence-electron chi connectivity index (χ1n) is 6.04. The molecule has 1 aliphatic heterocycles. The molecule has 4 heteroatoms. The summed E-state index contributed by atoms with van der Waals surface area (Å²) in [5, 5.41) is 12.9. The fraction of sp³-hybridized carbons (Fsp3) is 0.538. The number of methoxy groups -OCH3 is 1. The highest BCUT2D eigenvalue weighted by Crippen LogP contribution is 2.22. The number of aliphatic hydroxyl groups excluding tert-OH is 1. The largest absolute Gasteiger partial charge is 0.497 e. The van der Waals surface area contributed by atoms with Crippen molar-refractivity contribution in [3.63, 3.8) is 0 Å². The Kier molecular flexibility index (Phi) is 4.36. The molecule has 0 radical (unpaired) electrons. The van der Waals surface area contributed by atoms with Crippen molar-refractivity contribution < 1.29 is 9.84 Å². The van der Waals surface area contributed by atoms with Crippen LogP contribution in [0.2, 0.25) is 0 Å². The van der Waals surface area contributed by atoms with Crippen molar-refractivity contribution in [3.05, 3.63) is 29.8 Å². The monoisotopic (exact) mass is 236 g/mol. The van der Waals surface area contributed by atoms with Crippen LogP contribution in [0.4, 0.5) is 0 Å². The molecule has 2 rings (SSSR count). The van der Waals surface area contributed by atoms with Crippen LogP contribution < -0.4 is 10.1 Å². The lowest BCUT2D eigenvalue weighted by Gasteiger charge is -2.34. The van der Waals surface area contributed by atoms with Gasteiger partial charge in [-0.05, 0) is 17.7 Å². The molecular formula is C13H20N2O2. The smallest absolute Gasteiger partial charge is 0.118 e. The molecule has 1 aromatic rings. The van der Waals surface area contributed by atoms with Gasteiger partial charge in [0.15, 0.2) is 0 Å². The first-order valence-corrected chi connectivity index (χ1v) is 6.04. The lowest BCUT2D eigenvalue weighted by atomic mass is 10.1. The summed E-state index contributed by atoms with van der Waals surface area (Å²) in [6, 6.07) is 8.05. The van der Waals surface area contributed by atoms with Gasteiger partial charge in [-0.3, -0.25) is 4.90 Å². The molecule has 2 N–H and O–H groups in total. The lowest BCUT2D eigenvalue weighted by Crippen LogP contribution is -2.46. The SMILES string of the molecule is COc1ccc([C@H](CO)N2CCNCC2)cc1. The Morgan fingerprint density at radius 3 is 2.47 bits per heavy atom. The first kappa shape index (κ1) is 12.4. The van der Waals surface area contributed by atoms with Gasteiger partial charge in [-0.2, -0.15) is 0 Å². The van der Waals surface area contributed by atoms with E-state index in [4.69, 9.17) is 4.74 Å². The average Bonchev–Trinajstić information content (AvgIpc) is 2.42. The maximum Gasteiger partial charge on any atom is 0.118 e. The Balaban J connectivity index is 2.10. The molecule has 1 fully saturated rings. The number of piperazine rings is 1. The number of ether oxygens (including phenoxy) is 1. The number of nitrogens with zero attached hydrogens (tertiary/aromatic N) is 1. The highest BCUT2D eigenvalue weighted by molar-refractivity contribution is 5.29. The molecule has 1 atom stereocenters. The van der Waals surface area contributed by atoms with Crippen molar-refractivity contribution in [1.29, 1.82) is 0 Å². The van der Waals surface area contributed by atoms with E-state index >= 15 is 0 Å². The van der Waals surface area contributed by atoms with E-state index in [2.05, 4.69) is 10.2 Å². The Labute approximate surface area is 102 Å². The zero-order valence-corrected chi connectivity index (χ0v) is 10.2. The second kappa shape index (κ2) is 6.00. The predicted octanol–water partition coefficient (Wildman–Crippen LogP) is 0.634. The number of hydrogen-bond acceptors (Lipinski definition) is 4. The maximum atomic E-state index is 9.56. The third-order valence-electron chi connectivity index (χ3n) is 3.27. The topological polar surface area (TPSA) is 44.7 Å². The van der Waals surface area contributed by atoms with Gasteiger partial charge in [-0.25, -0.2) is 0 Å². The fourth-order valence-corrected chi connectivity index (χ4v) is 2.25. The van der Waals surface area contributed by atoms with Crippen LogP contribution in [0.5, 0.6) is 5.75 Å². The van der Waals surface area contributed by atoms with E-state index in [1.807, 2.05) is 24.3 Å². The standard InChI is InChI=1S/C13H20N2O2/c1-17-12-4-2-11(3-5-12)13(10-16)15-8-6-14-7-9-15/h2-5,13-14,16H,6-10H2,1H3/t13-/m0/s1. The Morgan fingerprint density at radius 2 is 1.94 bits per heavy atom. The minimum absolute atomic E-state index is 0.100. The highest BCUT2D eigenvalue weighted by atomic mass is 16.5. The molecule has 4 nitrogen and oxygen atoms in total. The molecule has 0 unspecified atom stereocenters. The van der Waals surface area contributed by atoms with Crippen molar-refractivity contribution in [1.82, 2.24) is 10.2 Å². The van der Waals surface area contributed by atoms with Gasteiger partial charge in [0, 0.05) is 26.2 Å². The van der Waals surface area contributed by atoms with E-state index in [9.17, 15) is 5.11 Å². The average molecular weight is 236 g/mol. The van der Waals surface area contributed by atoms with E-state index in [0.717, 1.165) is 37.5 Å². The molecule has 0 bridgehead atoms. The normalized spacial score (nSPS) is 18.9. The van der Waals surface area contributed by atoms with Gasteiger partial charge in [-0.1, -0.05) is 12.1 Å². The minimum atomic E-state index is 0.100. The summed E-state index contributed by atoms with van der Waals surface area (Å²) in [7, 11) is 1.66. The van der Waals surface area contributed by atoms with Crippen molar-refractivity contribution in [3.8, 4) is 5.75 Å². The molecule has 0 spiro atoms. The molecule has 0 aromatic heterocycles. The summed E-state index contributed by atoms with van der Waals surface area (Å²) in [4.78, 5) is 2.32. The van der Waals surface area contributed by atoms with E-state index in [1.165, 1.54) is 0 Å². The molecular weight excluding hydrogens is 216 g/mol. The van der Waals surface area contributed by atoms with Gasteiger partial charge < -0.3 is 15.2 Å². The summed E-state index contributed by atoms with van der Waals surface area (Å²) in [6.45, 7) is 4.11. The predicted molar refractivity (Wildman–Crippen MR) is 67.3 cm³/mol. The summed E-state index contributed by atoms with van der Waals surface area (Å²) >= 11 is 0. The summed E-state index contributed by atoms with van der Waals surface area (Å²) < 4.78 is 5.14. The second-order valence-corrected chi connectivity index (χ2v) is 4.26. The molecule has 0 saturated carbocycles. The maximum absolute atomic E-state index is 9.56. The summed E-state index contributed by atoms with van der Waals surface area (Å²) in [6.07, 6.45) is 0. The quantitative estimate of drug-likeness (QED) is 0.805. The summed E-state index contributed by atoms with van der Waals surface area (Å²) in [5.74, 6) is 0.853. The molecule has 1 aromatic carbocycles. The number of rotatable bonds is 4. The van der Waals surface area contributed by atoms with Crippen molar-refractivity contribution in [2.45, 2.75) is 6.04 Å². The second-order valence-electron chi connectivity index (χ2n) is 4.26. The van der Waals surface area contributed by atoms with Crippen LogP contribution in [0.1, 0.15) is 11.6 Å². The Hall–Kier alpha value is -1.10. The van der Waals surface area contributed by atoms with E-state index in [-0.39, 0.29) is 12.6 Å². The van der Waals surface area contributed by atoms with Crippen LogP contribution in [0.25, 0.3) is 0 Å². The number of hydrogen-bond donors (Lipinski definition) is 2. The van der Waals surface area contributed by atoms with Gasteiger partial charge in [-0.15, -0.1) is 0 Å². The Morgan fingerprint density at radius 1 is 1.29 bits per heavy atom. The van der Waals surface area contributed by atoms with Crippen LogP contribution in [0.15, 0.2) is 24.3 Å². The van der Waals surface area contributed by atoms with Crippen molar-refractivity contribution in [2.24, 2.45) is 0 Å². The third kappa shape index (κ3) is 2.97. The zero-order valence-electron chi connectivity index (χ0n) is 10.2. The van der Waals surface area contributed by atoms with Crippen molar-refractivity contribution >= 4 is 0 Å². The Bertz CT molecular complexity index is 334. The molecule has 94 valence electrons. The zero-order chi connectivity index (χ0) is 12.1. The van der Waals surface area contributed by atoms with Crippen LogP contribution in [-0.4, -0.2) is 49.9 Å². The molecule has 1 aliphatic rings. The number of benzene rings is 1. The molecule has 0 aliphatic carbocycles. The van der Waals surface area contributed by atoms with Crippen LogP contribution in [0.3, 0.4) is 0 Å². The molecule has 17 heavy (non-hydrogen) atoms. The van der Waals surface area contributed by atoms with E-state index < -0.39 is 0 Å². The van der Waals surface area contributed by atoms with Gasteiger partial charge in [0.2, 0.25) is 0 Å². The summed E-state index contributed by atoms with van der Waals surface area (Å²) in [5.41, 5.74) is 1.15. The van der Waals surface area contributed by atoms with Gasteiger partial charge in [0.25, 0.3) is 0 Å². The molecule has 0 amide bonds. The highest BCUT2D eigenvalue weighted by Gasteiger charge is 2.21. The van der Waals surface area contributed by atoms with Gasteiger partial charge in [0.1, 0.15) is 5.75 Å². The van der Waals surface area contributed by atoms with Crippen LogP contribution in [0, 0.1) is 0 Å². The number of nitrogens with one attached hydrogen (secondary N) is 1. The fourth-order valence-electron chi connectivity index (χ4n) is 2.25. The molecule has 1 heterocycles. The van der Waals surface area contributed by atoms with E-state index in [1.54, 1.807) is 7.11 Å². The van der Waals surface area contributed by atoms with Crippen LogP contribution in [-0.2, 0) is 0 Å². The lowest BCUT2D eigenvalue weighted by molar-refractivity contribution is 0.111. The number of aliphatic hydroxyl groups is 1. The van der Waals surface area contributed by atoms with Crippen molar-refractivity contribution in [2.75, 3.05) is 39.9 Å². The van der Waals surface area contributed by atoms with Crippen LogP contribution >= 0.6 is 0 Å². The third-order valence-corrected chi connectivity index (χ3v) is 3.27. The van der Waals surface area contributed by atoms with Gasteiger partial charge >= 0.3 is 0 Å². The minimum Gasteiger partial charge on any atom is -0.497 e. The van der Waals surface area contributed by atoms with Gasteiger partial charge in [0.05, 0.1) is 19.8 Å². The first-order chi connectivity index (χ1) is 8.35.